The Hall–Kier alpha value is -2.80. The third kappa shape index (κ3) is 4.05. The van der Waals surface area contributed by atoms with Gasteiger partial charge in [0.05, 0.1) is 30.0 Å². The molecule has 0 atom stereocenters. The molecule has 7 heteroatoms. The second-order valence-electron chi connectivity index (χ2n) is 5.40. The van der Waals surface area contributed by atoms with E-state index in [1.54, 1.807) is 5.38 Å². The summed E-state index contributed by atoms with van der Waals surface area (Å²) >= 11 is 1.39. The largest absolute Gasteiger partial charge is 0.493 e. The van der Waals surface area contributed by atoms with Crippen LogP contribution in [-0.4, -0.2) is 17.5 Å². The van der Waals surface area contributed by atoms with Gasteiger partial charge in [0.2, 0.25) is 5.91 Å². The average Bonchev–Trinajstić information content (AvgIpc) is 3.08. The molecule has 134 valence electrons. The molecule has 0 bridgehead atoms. The van der Waals surface area contributed by atoms with E-state index in [0.717, 1.165) is 22.4 Å². The summed E-state index contributed by atoms with van der Waals surface area (Å²) in [6.45, 7) is 2.44. The molecule has 3 aromatic rings. The number of hydrogen-bond donors (Lipinski definition) is 1. The summed E-state index contributed by atoms with van der Waals surface area (Å²) in [5, 5.41) is 4.86. The zero-order chi connectivity index (χ0) is 18.5. The van der Waals surface area contributed by atoms with Crippen LogP contribution in [0, 0.1) is 11.6 Å². The van der Waals surface area contributed by atoms with Crippen molar-refractivity contribution in [3.05, 3.63) is 65.2 Å². The maximum Gasteiger partial charge on any atom is 0.230 e. The third-order valence-corrected chi connectivity index (χ3v) is 4.46. The Morgan fingerprint density at radius 3 is 2.81 bits per heavy atom. The molecule has 0 unspecified atom stereocenters. The normalized spacial score (nSPS) is 10.6. The standard InChI is InChI=1S/C19H16F2N2O2S/c1-2-25-16-9-4-3-6-13(16)19-22-12(11-26-19)10-17(24)23-15-8-5-7-14(20)18(15)21/h3-9,11H,2,10H2,1H3,(H,23,24). The lowest BCUT2D eigenvalue weighted by Gasteiger charge is -2.07. The van der Waals surface area contributed by atoms with Crippen molar-refractivity contribution in [1.82, 2.24) is 4.98 Å². The second-order valence-corrected chi connectivity index (χ2v) is 6.26. The summed E-state index contributed by atoms with van der Waals surface area (Å²) in [7, 11) is 0. The lowest BCUT2D eigenvalue weighted by atomic mass is 10.2. The van der Waals surface area contributed by atoms with Crippen LogP contribution in [0.4, 0.5) is 14.5 Å². The fourth-order valence-electron chi connectivity index (χ4n) is 2.40. The number of amides is 1. The van der Waals surface area contributed by atoms with E-state index in [1.165, 1.54) is 23.5 Å². The number of ether oxygens (including phenoxy) is 1. The first-order valence-electron chi connectivity index (χ1n) is 7.99. The van der Waals surface area contributed by atoms with E-state index < -0.39 is 17.5 Å². The molecule has 0 radical (unpaired) electrons. The number of benzene rings is 2. The highest BCUT2D eigenvalue weighted by Crippen LogP contribution is 2.32. The van der Waals surface area contributed by atoms with Crippen molar-refractivity contribution in [2.75, 3.05) is 11.9 Å². The Balaban J connectivity index is 1.73. The van der Waals surface area contributed by atoms with Crippen molar-refractivity contribution in [2.24, 2.45) is 0 Å². The fraction of sp³-hybridized carbons (Fsp3) is 0.158. The monoisotopic (exact) mass is 374 g/mol. The first-order chi connectivity index (χ1) is 12.6. The number of anilines is 1. The summed E-state index contributed by atoms with van der Waals surface area (Å²) in [5.74, 6) is -1.83. The van der Waals surface area contributed by atoms with E-state index in [9.17, 15) is 13.6 Å². The molecule has 1 N–H and O–H groups in total. The van der Waals surface area contributed by atoms with Crippen molar-refractivity contribution in [1.29, 1.82) is 0 Å². The van der Waals surface area contributed by atoms with Gasteiger partial charge in [-0.05, 0) is 31.2 Å². The molecule has 0 spiro atoms. The summed E-state index contributed by atoms with van der Waals surface area (Å²) in [6.07, 6.45) is -0.0384. The van der Waals surface area contributed by atoms with Crippen molar-refractivity contribution in [3.63, 3.8) is 0 Å². The van der Waals surface area contributed by atoms with Crippen LogP contribution in [0.15, 0.2) is 47.8 Å². The fourth-order valence-corrected chi connectivity index (χ4v) is 3.25. The molecule has 2 aromatic carbocycles. The minimum Gasteiger partial charge on any atom is -0.493 e. The van der Waals surface area contributed by atoms with Gasteiger partial charge in [-0.1, -0.05) is 18.2 Å². The first-order valence-corrected chi connectivity index (χ1v) is 8.87. The number of halogens is 2. The third-order valence-electron chi connectivity index (χ3n) is 3.54. The minimum atomic E-state index is -1.08. The number of nitrogens with zero attached hydrogens (tertiary/aromatic N) is 1. The number of carbonyl (C=O) groups is 1. The summed E-state index contributed by atoms with van der Waals surface area (Å²) in [6, 6.07) is 11.2. The zero-order valence-electron chi connectivity index (χ0n) is 14.0. The number of hydrogen-bond acceptors (Lipinski definition) is 4. The van der Waals surface area contributed by atoms with Crippen LogP contribution in [0.3, 0.4) is 0 Å². The molecule has 0 aliphatic carbocycles. The van der Waals surface area contributed by atoms with Crippen LogP contribution < -0.4 is 10.1 Å². The molecule has 0 aliphatic rings. The molecule has 0 aliphatic heterocycles. The van der Waals surface area contributed by atoms with Gasteiger partial charge in [0.25, 0.3) is 0 Å². The van der Waals surface area contributed by atoms with E-state index in [2.05, 4.69) is 10.3 Å². The van der Waals surface area contributed by atoms with Gasteiger partial charge in [-0.3, -0.25) is 4.79 Å². The van der Waals surface area contributed by atoms with Gasteiger partial charge in [-0.15, -0.1) is 11.3 Å². The Bertz CT molecular complexity index is 927. The Labute approximate surface area is 153 Å². The number of para-hydroxylation sites is 1. The number of nitrogens with one attached hydrogen (secondary N) is 1. The van der Waals surface area contributed by atoms with Gasteiger partial charge in [0, 0.05) is 5.38 Å². The van der Waals surface area contributed by atoms with E-state index in [1.807, 2.05) is 31.2 Å². The minimum absolute atomic E-state index is 0.0384. The summed E-state index contributed by atoms with van der Waals surface area (Å²) < 4.78 is 32.4. The maximum atomic E-state index is 13.6. The maximum absolute atomic E-state index is 13.6. The van der Waals surface area contributed by atoms with E-state index in [4.69, 9.17) is 4.74 Å². The lowest BCUT2D eigenvalue weighted by Crippen LogP contribution is -2.16. The van der Waals surface area contributed by atoms with Crippen LogP contribution in [-0.2, 0) is 11.2 Å². The number of carbonyl (C=O) groups excluding carboxylic acids is 1. The molecule has 0 saturated heterocycles. The van der Waals surface area contributed by atoms with Crippen LogP contribution >= 0.6 is 11.3 Å². The molecule has 4 nitrogen and oxygen atoms in total. The van der Waals surface area contributed by atoms with Crippen LogP contribution in [0.1, 0.15) is 12.6 Å². The highest BCUT2D eigenvalue weighted by Gasteiger charge is 2.14. The molecule has 0 fully saturated rings. The van der Waals surface area contributed by atoms with E-state index in [0.29, 0.717) is 12.3 Å². The Morgan fingerprint density at radius 1 is 1.19 bits per heavy atom. The molecule has 1 amide bonds. The number of rotatable bonds is 6. The second kappa shape index (κ2) is 8.05. The van der Waals surface area contributed by atoms with Gasteiger partial charge in [0.15, 0.2) is 11.6 Å². The first kappa shape index (κ1) is 18.0. The lowest BCUT2D eigenvalue weighted by molar-refractivity contribution is -0.115. The molecule has 26 heavy (non-hydrogen) atoms. The molecular weight excluding hydrogens is 358 g/mol. The van der Waals surface area contributed by atoms with E-state index >= 15 is 0 Å². The van der Waals surface area contributed by atoms with E-state index in [-0.39, 0.29) is 12.1 Å². The molecule has 0 saturated carbocycles. The Morgan fingerprint density at radius 2 is 2.00 bits per heavy atom. The predicted molar refractivity (Wildman–Crippen MR) is 97.4 cm³/mol. The van der Waals surface area contributed by atoms with Crippen LogP contribution in [0.5, 0.6) is 5.75 Å². The van der Waals surface area contributed by atoms with Gasteiger partial charge in [-0.25, -0.2) is 13.8 Å². The highest BCUT2D eigenvalue weighted by atomic mass is 32.1. The quantitative estimate of drug-likeness (QED) is 0.682. The van der Waals surface area contributed by atoms with Crippen molar-refractivity contribution in [3.8, 4) is 16.3 Å². The van der Waals surface area contributed by atoms with Crippen LogP contribution in [0.25, 0.3) is 10.6 Å². The van der Waals surface area contributed by atoms with Crippen molar-refractivity contribution < 1.29 is 18.3 Å². The molecule has 1 heterocycles. The van der Waals surface area contributed by atoms with Gasteiger partial charge in [0.1, 0.15) is 10.8 Å². The molecule has 1 aromatic heterocycles. The highest BCUT2D eigenvalue weighted by molar-refractivity contribution is 7.13. The predicted octanol–water partition coefficient (Wildman–Crippen LogP) is 4.67. The zero-order valence-corrected chi connectivity index (χ0v) is 14.8. The molecular formula is C19H16F2N2O2S. The smallest absolute Gasteiger partial charge is 0.230 e. The SMILES string of the molecule is CCOc1ccccc1-c1nc(CC(=O)Nc2cccc(F)c2F)cs1. The summed E-state index contributed by atoms with van der Waals surface area (Å²) in [4.78, 5) is 16.6. The van der Waals surface area contributed by atoms with Crippen molar-refractivity contribution >= 4 is 22.9 Å². The topological polar surface area (TPSA) is 51.2 Å². The van der Waals surface area contributed by atoms with Crippen LogP contribution in [0.2, 0.25) is 0 Å². The summed E-state index contributed by atoms with van der Waals surface area (Å²) in [5.41, 5.74) is 1.21. The number of thiazole rings is 1. The number of aromatic nitrogens is 1. The average molecular weight is 374 g/mol. The van der Waals surface area contributed by atoms with Gasteiger partial charge < -0.3 is 10.1 Å². The Kier molecular flexibility index (Phi) is 5.58. The van der Waals surface area contributed by atoms with Gasteiger partial charge in [-0.2, -0.15) is 0 Å². The molecule has 3 rings (SSSR count). The van der Waals surface area contributed by atoms with Gasteiger partial charge >= 0.3 is 0 Å². The van der Waals surface area contributed by atoms with Crippen molar-refractivity contribution in [2.45, 2.75) is 13.3 Å².